The average Bonchev–Trinajstić information content (AvgIpc) is 2.79. The van der Waals surface area contributed by atoms with Gasteiger partial charge in [-0.3, -0.25) is 4.79 Å². The zero-order valence-electron chi connectivity index (χ0n) is 16.3. The molecular formula is C24H17ClFN3O2. The van der Waals surface area contributed by atoms with E-state index in [4.69, 9.17) is 16.3 Å². The highest BCUT2D eigenvalue weighted by Crippen LogP contribution is 2.23. The first kappa shape index (κ1) is 20.5. The molecule has 4 aromatic rings. The molecule has 154 valence electrons. The average molecular weight is 434 g/mol. The molecule has 0 aliphatic heterocycles. The van der Waals surface area contributed by atoms with Crippen LogP contribution in [-0.2, 0) is 6.54 Å². The second kappa shape index (κ2) is 9.36. The molecule has 0 bridgehead atoms. The van der Waals surface area contributed by atoms with E-state index in [0.717, 1.165) is 5.56 Å². The van der Waals surface area contributed by atoms with Gasteiger partial charge in [-0.1, -0.05) is 35.9 Å². The number of aromatic nitrogens is 2. The van der Waals surface area contributed by atoms with Gasteiger partial charge in [-0.25, -0.2) is 9.37 Å². The molecular weight excluding hydrogens is 417 g/mol. The van der Waals surface area contributed by atoms with Crippen LogP contribution in [0.25, 0.3) is 11.4 Å². The van der Waals surface area contributed by atoms with Crippen molar-refractivity contribution in [1.29, 1.82) is 0 Å². The predicted molar refractivity (Wildman–Crippen MR) is 117 cm³/mol. The summed E-state index contributed by atoms with van der Waals surface area (Å²) in [5.41, 5.74) is 2.01. The lowest BCUT2D eigenvalue weighted by Gasteiger charge is -2.08. The molecule has 5 nitrogen and oxygen atoms in total. The van der Waals surface area contributed by atoms with Gasteiger partial charge in [-0.2, -0.15) is 4.98 Å². The molecule has 0 radical (unpaired) electrons. The van der Waals surface area contributed by atoms with E-state index in [2.05, 4.69) is 15.3 Å². The fourth-order valence-corrected chi connectivity index (χ4v) is 2.97. The highest BCUT2D eigenvalue weighted by molar-refractivity contribution is 6.30. The van der Waals surface area contributed by atoms with Crippen LogP contribution in [0.15, 0.2) is 85.1 Å². The SMILES string of the molecule is O=C(NCc1ccc(Cl)cc1)c1ccc(Oc2ccnc(-c3cccc(F)c3)n2)cc1. The van der Waals surface area contributed by atoms with Crippen molar-refractivity contribution in [1.82, 2.24) is 15.3 Å². The van der Waals surface area contributed by atoms with Crippen LogP contribution < -0.4 is 10.1 Å². The second-order valence-corrected chi connectivity index (χ2v) is 7.10. The molecule has 0 aliphatic rings. The Morgan fingerprint density at radius 3 is 2.52 bits per heavy atom. The first-order valence-electron chi connectivity index (χ1n) is 9.46. The Morgan fingerprint density at radius 2 is 1.77 bits per heavy atom. The number of nitrogens with zero attached hydrogens (tertiary/aromatic N) is 2. The molecule has 0 unspecified atom stereocenters. The van der Waals surface area contributed by atoms with Crippen molar-refractivity contribution < 1.29 is 13.9 Å². The Balaban J connectivity index is 1.40. The van der Waals surface area contributed by atoms with E-state index in [-0.39, 0.29) is 11.7 Å². The van der Waals surface area contributed by atoms with Gasteiger partial charge in [0, 0.05) is 35.0 Å². The van der Waals surface area contributed by atoms with Crippen molar-refractivity contribution in [3.05, 3.63) is 107 Å². The molecule has 1 N–H and O–H groups in total. The Hall–Kier alpha value is -3.77. The normalized spacial score (nSPS) is 10.5. The van der Waals surface area contributed by atoms with Crippen LogP contribution in [0.3, 0.4) is 0 Å². The molecule has 0 atom stereocenters. The van der Waals surface area contributed by atoms with E-state index in [1.807, 2.05) is 12.1 Å². The Labute approximate surface area is 183 Å². The van der Waals surface area contributed by atoms with Crippen LogP contribution in [0, 0.1) is 5.82 Å². The summed E-state index contributed by atoms with van der Waals surface area (Å²) in [4.78, 5) is 20.8. The minimum absolute atomic E-state index is 0.197. The van der Waals surface area contributed by atoms with Crippen molar-refractivity contribution in [2.75, 3.05) is 0 Å². The number of hydrogen-bond donors (Lipinski definition) is 1. The monoisotopic (exact) mass is 433 g/mol. The number of nitrogens with one attached hydrogen (secondary N) is 1. The van der Waals surface area contributed by atoms with Crippen molar-refractivity contribution in [2.24, 2.45) is 0 Å². The summed E-state index contributed by atoms with van der Waals surface area (Å²) in [7, 11) is 0. The van der Waals surface area contributed by atoms with Crippen LogP contribution in [0.1, 0.15) is 15.9 Å². The maximum atomic E-state index is 13.4. The molecule has 0 spiro atoms. The molecule has 3 aromatic carbocycles. The Kier molecular flexibility index (Phi) is 6.19. The highest BCUT2D eigenvalue weighted by atomic mass is 35.5. The minimum atomic E-state index is -0.364. The van der Waals surface area contributed by atoms with E-state index in [1.165, 1.54) is 12.1 Å². The molecule has 1 amide bonds. The Bertz CT molecular complexity index is 1200. The van der Waals surface area contributed by atoms with E-state index < -0.39 is 0 Å². The van der Waals surface area contributed by atoms with Gasteiger partial charge >= 0.3 is 0 Å². The van der Waals surface area contributed by atoms with E-state index in [1.54, 1.807) is 60.8 Å². The number of carbonyl (C=O) groups excluding carboxylic acids is 1. The first-order valence-corrected chi connectivity index (χ1v) is 9.84. The molecule has 1 heterocycles. The lowest BCUT2D eigenvalue weighted by Crippen LogP contribution is -2.22. The third-order valence-corrected chi connectivity index (χ3v) is 4.67. The number of halogens is 2. The molecule has 0 saturated carbocycles. The van der Waals surface area contributed by atoms with Gasteiger partial charge in [-0.05, 0) is 54.1 Å². The maximum absolute atomic E-state index is 13.4. The first-order chi connectivity index (χ1) is 15.1. The van der Waals surface area contributed by atoms with Gasteiger partial charge in [0.2, 0.25) is 5.88 Å². The van der Waals surface area contributed by atoms with Crippen LogP contribution >= 0.6 is 11.6 Å². The third-order valence-electron chi connectivity index (χ3n) is 4.42. The zero-order valence-corrected chi connectivity index (χ0v) is 17.0. The number of amides is 1. The fraction of sp³-hybridized carbons (Fsp3) is 0.0417. The standard InChI is InChI=1S/C24H17ClFN3O2/c25-19-8-4-16(5-9-19)15-28-24(30)17-6-10-21(11-7-17)31-22-12-13-27-23(29-22)18-2-1-3-20(26)14-18/h1-14H,15H2,(H,28,30). The van der Waals surface area contributed by atoms with Crippen LogP contribution in [0.2, 0.25) is 5.02 Å². The summed E-state index contributed by atoms with van der Waals surface area (Å²) >= 11 is 5.87. The number of hydrogen-bond acceptors (Lipinski definition) is 4. The van der Waals surface area contributed by atoms with Crippen molar-refractivity contribution >= 4 is 17.5 Å². The van der Waals surface area contributed by atoms with Gasteiger partial charge in [-0.15, -0.1) is 0 Å². The van der Waals surface area contributed by atoms with Crippen molar-refractivity contribution in [3.63, 3.8) is 0 Å². The zero-order chi connectivity index (χ0) is 21.6. The van der Waals surface area contributed by atoms with Gasteiger partial charge < -0.3 is 10.1 Å². The third kappa shape index (κ3) is 5.43. The number of carbonyl (C=O) groups is 1. The number of rotatable bonds is 6. The Morgan fingerprint density at radius 1 is 1.00 bits per heavy atom. The van der Waals surface area contributed by atoms with E-state index in [9.17, 15) is 9.18 Å². The summed E-state index contributed by atoms with van der Waals surface area (Å²) in [6.07, 6.45) is 1.54. The number of benzene rings is 3. The van der Waals surface area contributed by atoms with E-state index in [0.29, 0.717) is 40.1 Å². The molecule has 0 aliphatic carbocycles. The quantitative estimate of drug-likeness (QED) is 0.426. The van der Waals surface area contributed by atoms with Crippen molar-refractivity contribution in [3.8, 4) is 23.0 Å². The molecule has 4 rings (SSSR count). The highest BCUT2D eigenvalue weighted by Gasteiger charge is 2.08. The molecule has 0 fully saturated rings. The lowest BCUT2D eigenvalue weighted by molar-refractivity contribution is 0.0951. The summed E-state index contributed by atoms with van der Waals surface area (Å²) < 4.78 is 19.2. The largest absolute Gasteiger partial charge is 0.439 e. The topological polar surface area (TPSA) is 64.1 Å². The minimum Gasteiger partial charge on any atom is -0.439 e. The lowest BCUT2D eigenvalue weighted by atomic mass is 10.2. The summed E-state index contributed by atoms with van der Waals surface area (Å²) in [5, 5.41) is 3.51. The predicted octanol–water partition coefficient (Wildman–Crippen LogP) is 5.66. The molecule has 1 aromatic heterocycles. The summed E-state index contributed by atoms with van der Waals surface area (Å²) in [6.45, 7) is 0.401. The molecule has 7 heteroatoms. The maximum Gasteiger partial charge on any atom is 0.251 e. The van der Waals surface area contributed by atoms with Gasteiger partial charge in [0.25, 0.3) is 5.91 Å². The smallest absolute Gasteiger partial charge is 0.251 e. The van der Waals surface area contributed by atoms with E-state index >= 15 is 0 Å². The van der Waals surface area contributed by atoms with Crippen molar-refractivity contribution in [2.45, 2.75) is 6.54 Å². The van der Waals surface area contributed by atoms with Crippen LogP contribution in [0.4, 0.5) is 4.39 Å². The van der Waals surface area contributed by atoms with Crippen LogP contribution in [-0.4, -0.2) is 15.9 Å². The fourth-order valence-electron chi connectivity index (χ4n) is 2.85. The summed E-state index contributed by atoms with van der Waals surface area (Å²) in [6, 6.07) is 21.6. The summed E-state index contributed by atoms with van der Waals surface area (Å²) in [5.74, 6) is 0.622. The van der Waals surface area contributed by atoms with Gasteiger partial charge in [0.1, 0.15) is 11.6 Å². The van der Waals surface area contributed by atoms with Gasteiger partial charge in [0.05, 0.1) is 0 Å². The van der Waals surface area contributed by atoms with Crippen LogP contribution in [0.5, 0.6) is 11.6 Å². The molecule has 0 saturated heterocycles. The van der Waals surface area contributed by atoms with Gasteiger partial charge in [0.15, 0.2) is 5.82 Å². The molecule has 31 heavy (non-hydrogen) atoms. The number of ether oxygens (including phenoxy) is 1. The second-order valence-electron chi connectivity index (χ2n) is 6.66.